The Hall–Kier alpha value is -2.39. The van der Waals surface area contributed by atoms with E-state index >= 15 is 0 Å². The van der Waals surface area contributed by atoms with Crippen LogP contribution >= 0.6 is 34.5 Å². The van der Waals surface area contributed by atoms with E-state index in [1.165, 1.54) is 4.88 Å². The highest BCUT2D eigenvalue weighted by Gasteiger charge is 2.41. The molecule has 6 nitrogen and oxygen atoms in total. The third-order valence-electron chi connectivity index (χ3n) is 6.53. The van der Waals surface area contributed by atoms with Crippen molar-refractivity contribution in [2.24, 2.45) is 0 Å². The summed E-state index contributed by atoms with van der Waals surface area (Å²) >= 11 is 13.9. The molecule has 2 aromatic heterocycles. The van der Waals surface area contributed by atoms with Crippen LogP contribution in [-0.4, -0.2) is 23.8 Å². The van der Waals surface area contributed by atoms with E-state index < -0.39 is 14.2 Å². The standard InChI is InChI=1S/C28H35Cl2N3O3SSi/c1-17(2)33-23(12-11-22-10-9-18(3)37-22)32-24(25(27(33)35)36-38(7,8)28(4,5)6)26(34)31-16-19-13-20(29)15-21(30)14-19/h9-15,17H,16H2,1-8H3,(H,31,34)/b12-11+. The summed E-state index contributed by atoms with van der Waals surface area (Å²) in [5.41, 5.74) is 0.316. The van der Waals surface area contributed by atoms with Gasteiger partial charge in [-0.2, -0.15) is 0 Å². The van der Waals surface area contributed by atoms with Crippen molar-refractivity contribution in [3.8, 4) is 5.75 Å². The van der Waals surface area contributed by atoms with E-state index in [2.05, 4.69) is 26.1 Å². The number of nitrogens with zero attached hydrogens (tertiary/aromatic N) is 2. The van der Waals surface area contributed by atoms with Crippen LogP contribution in [0.15, 0.2) is 35.1 Å². The van der Waals surface area contributed by atoms with Crippen LogP contribution in [0.25, 0.3) is 12.2 Å². The van der Waals surface area contributed by atoms with Gasteiger partial charge < -0.3 is 9.74 Å². The Bertz CT molecular complexity index is 1400. The molecule has 0 aliphatic carbocycles. The van der Waals surface area contributed by atoms with Crippen molar-refractivity contribution in [3.05, 3.63) is 77.6 Å². The highest BCUT2D eigenvalue weighted by Crippen LogP contribution is 2.37. The lowest BCUT2D eigenvalue weighted by Gasteiger charge is -2.36. The molecule has 38 heavy (non-hydrogen) atoms. The second-order valence-electron chi connectivity index (χ2n) is 11.0. The SMILES string of the molecule is Cc1ccc(/C=C/c2nc(C(=O)NCc3cc(Cl)cc(Cl)c3)c(O[Si](C)(C)C(C)(C)C)c(=O)n2C(C)C)s1. The van der Waals surface area contributed by atoms with E-state index in [1.54, 1.807) is 40.2 Å². The predicted octanol–water partition coefficient (Wildman–Crippen LogP) is 7.99. The highest BCUT2D eigenvalue weighted by atomic mass is 35.5. The molecular weight excluding hydrogens is 557 g/mol. The van der Waals surface area contributed by atoms with Gasteiger partial charge in [0, 0.05) is 32.4 Å². The molecule has 0 aliphatic rings. The van der Waals surface area contributed by atoms with Crippen LogP contribution in [0, 0.1) is 6.92 Å². The molecule has 0 saturated heterocycles. The number of carbonyl (C=O) groups excluding carboxylic acids is 1. The molecule has 204 valence electrons. The zero-order valence-electron chi connectivity index (χ0n) is 23.1. The maximum absolute atomic E-state index is 13.9. The Balaban J connectivity index is 2.13. The number of halogens is 2. The summed E-state index contributed by atoms with van der Waals surface area (Å²) in [5.74, 6) is -0.143. The van der Waals surface area contributed by atoms with E-state index in [-0.39, 0.29) is 34.6 Å². The third-order valence-corrected chi connectivity index (χ3v) is 12.3. The average molecular weight is 593 g/mol. The molecule has 0 fully saturated rings. The van der Waals surface area contributed by atoms with Crippen molar-refractivity contribution in [2.75, 3.05) is 0 Å². The minimum Gasteiger partial charge on any atom is -0.538 e. The normalized spacial score (nSPS) is 12.4. The number of thiophene rings is 1. The molecule has 0 bridgehead atoms. The van der Waals surface area contributed by atoms with Crippen LogP contribution in [0.4, 0.5) is 0 Å². The van der Waals surface area contributed by atoms with Crippen molar-refractivity contribution in [2.45, 2.75) is 72.3 Å². The van der Waals surface area contributed by atoms with Crippen molar-refractivity contribution >= 4 is 60.9 Å². The van der Waals surface area contributed by atoms with Gasteiger partial charge in [-0.1, -0.05) is 44.0 Å². The third kappa shape index (κ3) is 7.17. The number of amides is 1. The summed E-state index contributed by atoms with van der Waals surface area (Å²) in [6.45, 7) is 16.3. The highest BCUT2D eigenvalue weighted by molar-refractivity contribution is 7.12. The lowest BCUT2D eigenvalue weighted by atomic mass is 10.2. The first kappa shape index (κ1) is 30.2. The number of hydrogen-bond acceptors (Lipinski definition) is 5. The molecule has 0 spiro atoms. The van der Waals surface area contributed by atoms with Gasteiger partial charge in [-0.15, -0.1) is 11.3 Å². The Labute approximate surface area is 239 Å². The summed E-state index contributed by atoms with van der Waals surface area (Å²) in [6, 6.07) is 8.91. The van der Waals surface area contributed by atoms with Gasteiger partial charge in [-0.3, -0.25) is 14.2 Å². The maximum Gasteiger partial charge on any atom is 0.295 e. The summed E-state index contributed by atoms with van der Waals surface area (Å²) in [4.78, 5) is 34.4. The van der Waals surface area contributed by atoms with E-state index in [0.29, 0.717) is 15.9 Å². The number of rotatable bonds is 8. The molecule has 1 aromatic carbocycles. The van der Waals surface area contributed by atoms with Crippen LogP contribution in [0.2, 0.25) is 28.2 Å². The number of nitrogens with one attached hydrogen (secondary N) is 1. The lowest BCUT2D eigenvalue weighted by Crippen LogP contribution is -2.46. The zero-order chi connectivity index (χ0) is 28.4. The van der Waals surface area contributed by atoms with Gasteiger partial charge in [-0.05, 0) is 87.0 Å². The maximum atomic E-state index is 13.9. The molecule has 0 unspecified atom stereocenters. The van der Waals surface area contributed by atoms with Crippen LogP contribution in [0.5, 0.6) is 5.75 Å². The number of aryl methyl sites for hydroxylation is 1. The Morgan fingerprint density at radius 3 is 2.32 bits per heavy atom. The molecule has 1 N–H and O–H groups in total. The van der Waals surface area contributed by atoms with Gasteiger partial charge in [0.05, 0.1) is 0 Å². The smallest absolute Gasteiger partial charge is 0.295 e. The molecule has 0 atom stereocenters. The largest absolute Gasteiger partial charge is 0.538 e. The predicted molar refractivity (Wildman–Crippen MR) is 162 cm³/mol. The summed E-state index contributed by atoms with van der Waals surface area (Å²) in [6.07, 6.45) is 3.68. The lowest BCUT2D eigenvalue weighted by molar-refractivity contribution is 0.0942. The number of benzene rings is 1. The molecule has 0 aliphatic heterocycles. The van der Waals surface area contributed by atoms with Crippen molar-refractivity contribution < 1.29 is 9.22 Å². The fourth-order valence-corrected chi connectivity index (χ4v) is 5.84. The van der Waals surface area contributed by atoms with Crippen molar-refractivity contribution in [1.82, 2.24) is 14.9 Å². The van der Waals surface area contributed by atoms with E-state index in [1.807, 2.05) is 52.1 Å². The molecule has 3 aromatic rings. The fourth-order valence-electron chi connectivity index (χ4n) is 3.48. The minimum atomic E-state index is -2.48. The van der Waals surface area contributed by atoms with Gasteiger partial charge in [0.2, 0.25) is 5.75 Å². The Morgan fingerprint density at radius 2 is 1.79 bits per heavy atom. The Kier molecular flexibility index (Phi) is 9.35. The van der Waals surface area contributed by atoms with Gasteiger partial charge in [-0.25, -0.2) is 4.98 Å². The second-order valence-corrected chi connectivity index (χ2v) is 17.9. The van der Waals surface area contributed by atoms with Gasteiger partial charge in [0.1, 0.15) is 5.82 Å². The average Bonchev–Trinajstić information content (AvgIpc) is 3.20. The summed E-state index contributed by atoms with van der Waals surface area (Å²) in [7, 11) is -2.48. The number of carbonyl (C=O) groups is 1. The molecule has 0 radical (unpaired) electrons. The quantitative estimate of drug-likeness (QED) is 0.269. The summed E-state index contributed by atoms with van der Waals surface area (Å²) in [5, 5.41) is 3.61. The molecule has 0 saturated carbocycles. The van der Waals surface area contributed by atoms with E-state index in [4.69, 9.17) is 32.6 Å². The molecular formula is C28H35Cl2N3O3SSi. The Morgan fingerprint density at radius 1 is 1.16 bits per heavy atom. The van der Waals surface area contributed by atoms with E-state index in [9.17, 15) is 9.59 Å². The van der Waals surface area contributed by atoms with Crippen molar-refractivity contribution in [3.63, 3.8) is 0 Å². The topological polar surface area (TPSA) is 73.2 Å². The summed E-state index contributed by atoms with van der Waals surface area (Å²) < 4.78 is 8.05. The van der Waals surface area contributed by atoms with Crippen LogP contribution < -0.4 is 15.3 Å². The molecule has 10 heteroatoms. The van der Waals surface area contributed by atoms with Gasteiger partial charge in [0.15, 0.2) is 5.69 Å². The van der Waals surface area contributed by atoms with Crippen molar-refractivity contribution in [1.29, 1.82) is 0 Å². The molecule has 1 amide bonds. The fraction of sp³-hybridized carbons (Fsp3) is 0.393. The first-order valence-corrected chi connectivity index (χ1v) is 16.9. The zero-order valence-corrected chi connectivity index (χ0v) is 26.4. The van der Waals surface area contributed by atoms with Crippen LogP contribution in [-0.2, 0) is 6.54 Å². The van der Waals surface area contributed by atoms with Gasteiger partial charge >= 0.3 is 0 Å². The molecule has 2 heterocycles. The molecule has 3 rings (SSSR count). The first-order chi connectivity index (χ1) is 17.6. The second kappa shape index (κ2) is 11.8. The number of hydrogen-bond donors (Lipinski definition) is 1. The van der Waals surface area contributed by atoms with Gasteiger partial charge in [0.25, 0.3) is 19.8 Å². The first-order valence-electron chi connectivity index (χ1n) is 12.4. The van der Waals surface area contributed by atoms with Crippen LogP contribution in [0.3, 0.4) is 0 Å². The monoisotopic (exact) mass is 591 g/mol. The number of aromatic nitrogens is 2. The van der Waals surface area contributed by atoms with Crippen LogP contribution in [0.1, 0.15) is 72.3 Å². The minimum absolute atomic E-state index is 0.0176. The van der Waals surface area contributed by atoms with E-state index in [0.717, 1.165) is 10.4 Å².